The first-order valence-corrected chi connectivity index (χ1v) is 11.0. The van der Waals surface area contributed by atoms with Crippen LogP contribution in [-0.2, 0) is 22.6 Å². The van der Waals surface area contributed by atoms with Crippen molar-refractivity contribution in [3.63, 3.8) is 0 Å². The fraction of sp³-hybridized carbons (Fsp3) is 0.440. The summed E-state index contributed by atoms with van der Waals surface area (Å²) in [5, 5.41) is 2.98. The summed E-state index contributed by atoms with van der Waals surface area (Å²) in [6, 6.07) is 17.3. The monoisotopic (exact) mass is 424 g/mol. The van der Waals surface area contributed by atoms with E-state index in [2.05, 4.69) is 17.4 Å². The Morgan fingerprint density at radius 2 is 1.65 bits per heavy atom. The third kappa shape index (κ3) is 6.56. The molecule has 2 aromatic carbocycles. The minimum absolute atomic E-state index is 0.0277. The number of methoxy groups -OCH3 is 1. The molecule has 6 nitrogen and oxygen atoms in total. The number of carbonyl (C=O) groups is 2. The van der Waals surface area contributed by atoms with Gasteiger partial charge in [-0.15, -0.1) is 0 Å². The Morgan fingerprint density at radius 3 is 2.23 bits per heavy atom. The van der Waals surface area contributed by atoms with Gasteiger partial charge in [-0.2, -0.15) is 0 Å². The number of carbonyl (C=O) groups excluding carboxylic acids is 2. The van der Waals surface area contributed by atoms with Crippen molar-refractivity contribution in [3.05, 3.63) is 65.7 Å². The molecule has 31 heavy (non-hydrogen) atoms. The number of hydrogen-bond donors (Lipinski definition) is 2. The Hall–Kier alpha value is -2.86. The fourth-order valence-corrected chi connectivity index (χ4v) is 3.97. The first kappa shape index (κ1) is 22.8. The van der Waals surface area contributed by atoms with E-state index in [1.807, 2.05) is 61.2 Å². The van der Waals surface area contributed by atoms with E-state index in [0.717, 1.165) is 30.9 Å². The van der Waals surface area contributed by atoms with Crippen molar-refractivity contribution < 1.29 is 19.2 Å². The van der Waals surface area contributed by atoms with Gasteiger partial charge in [-0.3, -0.25) is 9.59 Å². The average molecular weight is 425 g/mol. The summed E-state index contributed by atoms with van der Waals surface area (Å²) in [6.45, 7) is 8.13. The van der Waals surface area contributed by atoms with Gasteiger partial charge in [0.15, 0.2) is 0 Å². The summed E-state index contributed by atoms with van der Waals surface area (Å²) >= 11 is 0. The number of benzene rings is 2. The molecule has 0 aliphatic carbocycles. The van der Waals surface area contributed by atoms with Crippen LogP contribution in [0.5, 0.6) is 5.75 Å². The van der Waals surface area contributed by atoms with Crippen LogP contribution in [0.3, 0.4) is 0 Å². The van der Waals surface area contributed by atoms with Gasteiger partial charge in [-0.05, 0) is 35.7 Å². The number of quaternary nitrogens is 1. The molecule has 1 saturated heterocycles. The van der Waals surface area contributed by atoms with Crippen LogP contribution < -0.4 is 15.0 Å². The lowest BCUT2D eigenvalue weighted by Crippen LogP contribution is -3.13. The van der Waals surface area contributed by atoms with Crippen molar-refractivity contribution >= 4 is 11.8 Å². The van der Waals surface area contributed by atoms with Crippen LogP contribution >= 0.6 is 0 Å². The zero-order chi connectivity index (χ0) is 22.2. The Kier molecular flexibility index (Phi) is 8.06. The van der Waals surface area contributed by atoms with E-state index < -0.39 is 6.04 Å². The summed E-state index contributed by atoms with van der Waals surface area (Å²) in [6.07, 6.45) is 0.289. The van der Waals surface area contributed by atoms with Gasteiger partial charge < -0.3 is 19.9 Å². The van der Waals surface area contributed by atoms with E-state index in [1.165, 1.54) is 10.5 Å². The molecule has 166 valence electrons. The predicted molar refractivity (Wildman–Crippen MR) is 121 cm³/mol. The lowest BCUT2D eigenvalue weighted by atomic mass is 10.0. The van der Waals surface area contributed by atoms with Crippen molar-refractivity contribution in [1.29, 1.82) is 0 Å². The number of rotatable bonds is 8. The van der Waals surface area contributed by atoms with E-state index in [0.29, 0.717) is 13.1 Å². The second-order valence-corrected chi connectivity index (χ2v) is 8.55. The zero-order valence-electron chi connectivity index (χ0n) is 18.8. The van der Waals surface area contributed by atoms with Crippen LogP contribution in [0, 0.1) is 5.92 Å². The molecule has 3 rings (SSSR count). The summed E-state index contributed by atoms with van der Waals surface area (Å²) in [5.74, 6) is 0.821. The van der Waals surface area contributed by atoms with E-state index in [4.69, 9.17) is 4.74 Å². The second kappa shape index (κ2) is 11.0. The molecule has 1 aliphatic rings. The molecular formula is C25H34N3O3+. The van der Waals surface area contributed by atoms with Crippen molar-refractivity contribution in [2.45, 2.75) is 32.9 Å². The smallest absolute Gasteiger partial charge is 0.245 e. The highest BCUT2D eigenvalue weighted by molar-refractivity contribution is 5.88. The molecule has 0 radical (unpaired) electrons. The third-order valence-corrected chi connectivity index (χ3v) is 5.85. The maximum absolute atomic E-state index is 13.2. The van der Waals surface area contributed by atoms with Crippen LogP contribution in [0.25, 0.3) is 0 Å². The molecule has 0 unspecified atom stereocenters. The van der Waals surface area contributed by atoms with Gasteiger partial charge in [0.05, 0.1) is 39.7 Å². The first-order chi connectivity index (χ1) is 15.0. The average Bonchev–Trinajstić information content (AvgIpc) is 2.78. The van der Waals surface area contributed by atoms with E-state index in [-0.39, 0.29) is 24.2 Å². The van der Waals surface area contributed by atoms with Crippen LogP contribution in [-0.4, -0.2) is 56.0 Å². The molecule has 1 heterocycles. The molecule has 0 bridgehead atoms. The van der Waals surface area contributed by atoms with Crippen molar-refractivity contribution in [2.75, 3.05) is 33.3 Å². The van der Waals surface area contributed by atoms with Crippen molar-refractivity contribution in [3.8, 4) is 5.75 Å². The standard InChI is InChI=1S/C25H33N3O3/c1-19(2)24(26-23(29)17-20-7-5-4-6-8-20)25(30)28-15-13-27(14-16-28)18-21-9-11-22(31-3)12-10-21/h4-12,19,24H,13-18H2,1-3H3,(H,26,29)/p+1/t24-/m0/s1. The third-order valence-electron chi connectivity index (χ3n) is 5.85. The second-order valence-electron chi connectivity index (χ2n) is 8.55. The lowest BCUT2D eigenvalue weighted by Gasteiger charge is -2.35. The van der Waals surface area contributed by atoms with Crippen LogP contribution in [0.15, 0.2) is 54.6 Å². The zero-order valence-corrected chi connectivity index (χ0v) is 18.8. The van der Waals surface area contributed by atoms with Gasteiger partial charge in [0.2, 0.25) is 11.8 Å². The van der Waals surface area contributed by atoms with Crippen LogP contribution in [0.4, 0.5) is 0 Å². The van der Waals surface area contributed by atoms with Crippen LogP contribution in [0.2, 0.25) is 0 Å². The number of amides is 2. The number of nitrogens with zero attached hydrogens (tertiary/aromatic N) is 1. The molecule has 1 atom stereocenters. The summed E-state index contributed by atoms with van der Waals surface area (Å²) in [4.78, 5) is 29.0. The van der Waals surface area contributed by atoms with Crippen molar-refractivity contribution in [2.24, 2.45) is 5.92 Å². The highest BCUT2D eigenvalue weighted by atomic mass is 16.5. The summed E-state index contributed by atoms with van der Waals surface area (Å²) < 4.78 is 5.22. The topological polar surface area (TPSA) is 63.1 Å². The Balaban J connectivity index is 1.51. The molecule has 2 N–H and O–H groups in total. The first-order valence-electron chi connectivity index (χ1n) is 11.0. The minimum Gasteiger partial charge on any atom is -0.497 e. The van der Waals surface area contributed by atoms with E-state index in [1.54, 1.807) is 7.11 Å². The van der Waals surface area contributed by atoms with E-state index in [9.17, 15) is 9.59 Å². The Bertz CT molecular complexity index is 844. The molecule has 2 aromatic rings. The number of nitrogens with one attached hydrogen (secondary N) is 2. The highest BCUT2D eigenvalue weighted by Crippen LogP contribution is 2.11. The molecule has 6 heteroatoms. The molecule has 1 fully saturated rings. The number of ether oxygens (including phenoxy) is 1. The van der Waals surface area contributed by atoms with Gasteiger partial charge in [-0.25, -0.2) is 0 Å². The molecule has 2 amide bonds. The number of piperazine rings is 1. The maximum atomic E-state index is 13.2. The SMILES string of the molecule is COc1ccc(C[NH+]2CCN(C(=O)[C@@H](NC(=O)Cc3ccccc3)C(C)C)CC2)cc1. The maximum Gasteiger partial charge on any atom is 0.245 e. The van der Waals surface area contributed by atoms with Crippen LogP contribution in [0.1, 0.15) is 25.0 Å². The molecule has 0 saturated carbocycles. The minimum atomic E-state index is -0.487. The van der Waals surface area contributed by atoms with Gasteiger partial charge in [-0.1, -0.05) is 44.2 Å². The number of hydrogen-bond acceptors (Lipinski definition) is 3. The van der Waals surface area contributed by atoms with Gasteiger partial charge in [0.1, 0.15) is 18.3 Å². The van der Waals surface area contributed by atoms with Gasteiger partial charge >= 0.3 is 0 Å². The quantitative estimate of drug-likeness (QED) is 0.672. The fourth-order valence-electron chi connectivity index (χ4n) is 3.97. The summed E-state index contributed by atoms with van der Waals surface area (Å²) in [7, 11) is 1.67. The van der Waals surface area contributed by atoms with E-state index >= 15 is 0 Å². The lowest BCUT2D eigenvalue weighted by molar-refractivity contribution is -0.917. The van der Waals surface area contributed by atoms with Crippen molar-refractivity contribution in [1.82, 2.24) is 10.2 Å². The molecule has 0 spiro atoms. The predicted octanol–water partition coefficient (Wildman–Crippen LogP) is 1.31. The summed E-state index contributed by atoms with van der Waals surface area (Å²) in [5.41, 5.74) is 2.22. The Labute approximate surface area is 185 Å². The highest BCUT2D eigenvalue weighted by Gasteiger charge is 2.31. The van der Waals surface area contributed by atoms with Gasteiger partial charge in [0, 0.05) is 5.56 Å². The molecule has 1 aliphatic heterocycles. The Morgan fingerprint density at radius 1 is 1.00 bits per heavy atom. The molecule has 0 aromatic heterocycles. The normalized spacial score (nSPS) is 15.5. The molecular weight excluding hydrogens is 390 g/mol. The largest absolute Gasteiger partial charge is 0.497 e. The van der Waals surface area contributed by atoms with Gasteiger partial charge in [0.25, 0.3) is 0 Å².